The molecular formula is C22H35N3O3. The van der Waals surface area contributed by atoms with E-state index in [1.165, 1.54) is 25.7 Å². The molecule has 156 valence electrons. The fourth-order valence-corrected chi connectivity index (χ4v) is 4.21. The molecule has 1 aromatic rings. The molecule has 0 aromatic heterocycles. The average molecular weight is 390 g/mol. The van der Waals surface area contributed by atoms with Crippen LogP contribution in [0.4, 0.5) is 0 Å². The highest BCUT2D eigenvalue weighted by Crippen LogP contribution is 2.32. The van der Waals surface area contributed by atoms with Crippen LogP contribution in [-0.2, 0) is 0 Å². The molecule has 0 atom stereocenters. The van der Waals surface area contributed by atoms with E-state index in [4.69, 9.17) is 9.47 Å². The number of hydrogen-bond acceptors (Lipinski definition) is 5. The Morgan fingerprint density at radius 1 is 1.14 bits per heavy atom. The number of nitrogens with one attached hydrogen (secondary N) is 1. The summed E-state index contributed by atoms with van der Waals surface area (Å²) in [6, 6.07) is 6.21. The van der Waals surface area contributed by atoms with Crippen LogP contribution in [0.25, 0.3) is 0 Å². The molecule has 6 nitrogen and oxygen atoms in total. The van der Waals surface area contributed by atoms with Crippen molar-refractivity contribution in [2.75, 3.05) is 47.4 Å². The number of likely N-dealkylation sites (tertiary alicyclic amines) is 1. The number of hydrogen-bond donors (Lipinski definition) is 1. The van der Waals surface area contributed by atoms with Gasteiger partial charge in [0, 0.05) is 37.8 Å². The molecule has 6 heteroatoms. The number of rotatable bonds is 8. The molecule has 3 rings (SSSR count). The van der Waals surface area contributed by atoms with Gasteiger partial charge in [0.05, 0.1) is 7.11 Å². The first-order valence-electron chi connectivity index (χ1n) is 10.6. The van der Waals surface area contributed by atoms with E-state index >= 15 is 0 Å². The number of carbonyl (C=O) groups is 1. The number of methoxy groups -OCH3 is 1. The van der Waals surface area contributed by atoms with Gasteiger partial charge in [-0.05, 0) is 58.0 Å². The summed E-state index contributed by atoms with van der Waals surface area (Å²) < 4.78 is 11.7. The fraction of sp³-hybridized carbons (Fsp3) is 0.682. The van der Waals surface area contributed by atoms with Gasteiger partial charge in [0.1, 0.15) is 6.10 Å². The summed E-state index contributed by atoms with van der Waals surface area (Å²) in [6.07, 6.45) is 7.69. The molecular weight excluding hydrogens is 354 g/mol. The zero-order chi connectivity index (χ0) is 19.9. The third kappa shape index (κ3) is 5.61. The highest BCUT2D eigenvalue weighted by Gasteiger charge is 2.28. The van der Waals surface area contributed by atoms with Crippen LogP contribution in [0.1, 0.15) is 48.9 Å². The molecule has 0 radical (unpaired) electrons. The Hall–Kier alpha value is -1.79. The molecule has 0 unspecified atom stereocenters. The number of ether oxygens (including phenoxy) is 2. The summed E-state index contributed by atoms with van der Waals surface area (Å²) >= 11 is 0. The van der Waals surface area contributed by atoms with Gasteiger partial charge in [0.15, 0.2) is 11.5 Å². The maximum Gasteiger partial charge on any atom is 0.251 e. The van der Waals surface area contributed by atoms with E-state index in [1.54, 1.807) is 13.2 Å². The second kappa shape index (κ2) is 10.1. The lowest BCUT2D eigenvalue weighted by atomic mass is 10.0. The van der Waals surface area contributed by atoms with E-state index in [-0.39, 0.29) is 12.0 Å². The summed E-state index contributed by atoms with van der Waals surface area (Å²) in [5.41, 5.74) is 0.609. The Bertz CT molecular complexity index is 636. The van der Waals surface area contributed by atoms with Crippen molar-refractivity contribution in [2.45, 2.75) is 50.7 Å². The smallest absolute Gasteiger partial charge is 0.251 e. The van der Waals surface area contributed by atoms with E-state index in [0.717, 1.165) is 38.5 Å². The van der Waals surface area contributed by atoms with Gasteiger partial charge >= 0.3 is 0 Å². The minimum atomic E-state index is -0.0783. The average Bonchev–Trinajstić information content (AvgIpc) is 3.23. The highest BCUT2D eigenvalue weighted by molar-refractivity contribution is 5.94. The largest absolute Gasteiger partial charge is 0.493 e. The SMILES string of the molecule is COc1ccc(C(=O)NCCN(C)C)cc1OC1CCN(C2CCCC2)CC1. The van der Waals surface area contributed by atoms with Crippen LogP contribution in [0.15, 0.2) is 18.2 Å². The van der Waals surface area contributed by atoms with Crippen LogP contribution < -0.4 is 14.8 Å². The Balaban J connectivity index is 1.57. The maximum atomic E-state index is 12.4. The first kappa shape index (κ1) is 20.9. The predicted octanol–water partition coefficient (Wildman–Crippen LogP) is 2.77. The normalized spacial score (nSPS) is 19.1. The summed E-state index contributed by atoms with van der Waals surface area (Å²) in [5, 5.41) is 2.95. The Labute approximate surface area is 169 Å². The van der Waals surface area contributed by atoms with Crippen molar-refractivity contribution >= 4 is 5.91 Å². The van der Waals surface area contributed by atoms with Crippen molar-refractivity contribution in [2.24, 2.45) is 0 Å². The maximum absolute atomic E-state index is 12.4. The Morgan fingerprint density at radius 2 is 1.86 bits per heavy atom. The lowest BCUT2D eigenvalue weighted by molar-refractivity contribution is 0.0748. The van der Waals surface area contributed by atoms with Gasteiger partial charge < -0.3 is 24.6 Å². The summed E-state index contributed by atoms with van der Waals surface area (Å²) in [5.74, 6) is 1.27. The number of carbonyl (C=O) groups excluding carboxylic acids is 1. The van der Waals surface area contributed by atoms with Crippen molar-refractivity contribution in [3.63, 3.8) is 0 Å². The minimum absolute atomic E-state index is 0.0783. The number of likely N-dealkylation sites (N-methyl/N-ethyl adjacent to an activating group) is 1. The Morgan fingerprint density at radius 3 is 2.50 bits per heavy atom. The molecule has 1 aliphatic carbocycles. The van der Waals surface area contributed by atoms with Crippen molar-refractivity contribution in [3.05, 3.63) is 23.8 Å². The molecule has 2 aliphatic rings. The van der Waals surface area contributed by atoms with Crippen LogP contribution in [0.3, 0.4) is 0 Å². The Kier molecular flexibility index (Phi) is 7.57. The molecule has 1 N–H and O–H groups in total. The second-order valence-corrected chi connectivity index (χ2v) is 8.22. The van der Waals surface area contributed by atoms with Gasteiger partial charge in [-0.3, -0.25) is 4.79 Å². The number of nitrogens with zero attached hydrogens (tertiary/aromatic N) is 2. The molecule has 1 saturated heterocycles. The zero-order valence-electron chi connectivity index (χ0n) is 17.6. The van der Waals surface area contributed by atoms with Crippen molar-refractivity contribution in [1.82, 2.24) is 15.1 Å². The highest BCUT2D eigenvalue weighted by atomic mass is 16.5. The zero-order valence-corrected chi connectivity index (χ0v) is 17.6. The molecule has 1 aromatic carbocycles. The van der Waals surface area contributed by atoms with E-state index in [0.29, 0.717) is 23.6 Å². The van der Waals surface area contributed by atoms with Crippen LogP contribution in [0.2, 0.25) is 0 Å². The molecule has 0 bridgehead atoms. The molecule has 2 fully saturated rings. The van der Waals surface area contributed by atoms with E-state index < -0.39 is 0 Å². The standard InChI is InChI=1S/C22H35N3O3/c1-24(2)15-12-23-22(26)17-8-9-20(27-3)21(16-17)28-19-10-13-25(14-11-19)18-6-4-5-7-18/h8-9,16,18-19H,4-7,10-15H2,1-3H3,(H,23,26). The molecule has 1 amide bonds. The lowest BCUT2D eigenvalue weighted by Crippen LogP contribution is -2.43. The van der Waals surface area contributed by atoms with Gasteiger partial charge in [0.2, 0.25) is 0 Å². The topological polar surface area (TPSA) is 54.0 Å². The summed E-state index contributed by atoms with van der Waals surface area (Å²) in [6.45, 7) is 3.63. The van der Waals surface area contributed by atoms with Gasteiger partial charge in [-0.2, -0.15) is 0 Å². The van der Waals surface area contributed by atoms with Crippen LogP contribution in [-0.4, -0.2) is 75.2 Å². The quantitative estimate of drug-likeness (QED) is 0.741. The minimum Gasteiger partial charge on any atom is -0.493 e. The van der Waals surface area contributed by atoms with Crippen molar-refractivity contribution < 1.29 is 14.3 Å². The molecule has 1 aliphatic heterocycles. The summed E-state index contributed by atoms with van der Waals surface area (Å²) in [7, 11) is 5.62. The number of benzene rings is 1. The van der Waals surface area contributed by atoms with Crippen LogP contribution in [0.5, 0.6) is 11.5 Å². The van der Waals surface area contributed by atoms with E-state index in [2.05, 4.69) is 10.2 Å². The third-order valence-electron chi connectivity index (χ3n) is 5.88. The van der Waals surface area contributed by atoms with Gasteiger partial charge in [-0.1, -0.05) is 12.8 Å². The molecule has 28 heavy (non-hydrogen) atoms. The first-order valence-corrected chi connectivity index (χ1v) is 10.6. The predicted molar refractivity (Wildman–Crippen MR) is 111 cm³/mol. The van der Waals surface area contributed by atoms with Crippen LogP contribution >= 0.6 is 0 Å². The third-order valence-corrected chi connectivity index (χ3v) is 5.88. The summed E-state index contributed by atoms with van der Waals surface area (Å²) in [4.78, 5) is 17.1. The second-order valence-electron chi connectivity index (χ2n) is 8.22. The fourth-order valence-electron chi connectivity index (χ4n) is 4.21. The van der Waals surface area contributed by atoms with Crippen molar-refractivity contribution in [3.8, 4) is 11.5 Å². The molecule has 1 saturated carbocycles. The van der Waals surface area contributed by atoms with E-state index in [9.17, 15) is 4.79 Å². The molecule has 0 spiro atoms. The van der Waals surface area contributed by atoms with Crippen LogP contribution in [0, 0.1) is 0 Å². The van der Waals surface area contributed by atoms with Crippen molar-refractivity contribution in [1.29, 1.82) is 0 Å². The van der Waals surface area contributed by atoms with Gasteiger partial charge in [0.25, 0.3) is 5.91 Å². The lowest BCUT2D eigenvalue weighted by Gasteiger charge is -2.36. The van der Waals surface area contributed by atoms with Gasteiger partial charge in [-0.15, -0.1) is 0 Å². The number of amides is 1. The van der Waals surface area contributed by atoms with Gasteiger partial charge in [-0.25, -0.2) is 0 Å². The first-order chi connectivity index (χ1) is 13.6. The van der Waals surface area contributed by atoms with E-state index in [1.807, 2.05) is 31.1 Å². The monoisotopic (exact) mass is 389 g/mol. The molecule has 1 heterocycles. The number of piperidine rings is 1.